The van der Waals surface area contributed by atoms with Crippen LogP contribution in [0.15, 0.2) is 103 Å². The second kappa shape index (κ2) is 10.7. The van der Waals surface area contributed by atoms with Crippen LogP contribution in [0, 0.1) is 0 Å². The van der Waals surface area contributed by atoms with Gasteiger partial charge in [0.25, 0.3) is 5.91 Å². The highest BCUT2D eigenvalue weighted by Gasteiger charge is 2.31. The zero-order valence-corrected chi connectivity index (χ0v) is 21.4. The molecule has 0 spiro atoms. The highest BCUT2D eigenvalue weighted by Crippen LogP contribution is 2.16. The molecule has 0 heterocycles. The first kappa shape index (κ1) is 23.9. The van der Waals surface area contributed by atoms with Crippen LogP contribution in [0.4, 0.5) is 5.69 Å². The molecule has 0 saturated heterocycles. The van der Waals surface area contributed by atoms with E-state index < -0.39 is 22.5 Å². The molecule has 166 valence electrons. The van der Waals surface area contributed by atoms with Gasteiger partial charge in [0.15, 0.2) is 0 Å². The van der Waals surface area contributed by atoms with Crippen LogP contribution in [-0.4, -0.2) is 28.4 Å². The van der Waals surface area contributed by atoms with Gasteiger partial charge >= 0.3 is 0 Å². The minimum absolute atomic E-state index is 0.136. The van der Waals surface area contributed by atoms with E-state index in [4.69, 9.17) is 4.43 Å². The summed E-state index contributed by atoms with van der Waals surface area (Å²) >= 11 is 0. The van der Waals surface area contributed by atoms with Gasteiger partial charge in [0, 0.05) is 5.69 Å². The number of amides is 1. The van der Waals surface area contributed by atoms with Gasteiger partial charge in [-0.1, -0.05) is 109 Å². The predicted molar refractivity (Wildman–Crippen MR) is 141 cm³/mol. The van der Waals surface area contributed by atoms with Crippen molar-refractivity contribution < 1.29 is 9.22 Å². The molecule has 1 unspecified atom stereocenters. The molecule has 1 atom stereocenters. The highest BCUT2D eigenvalue weighted by molar-refractivity contribution is 6.90. The molecule has 0 radical (unpaired) electrons. The van der Waals surface area contributed by atoms with Crippen LogP contribution in [-0.2, 0) is 9.22 Å². The third kappa shape index (κ3) is 6.63. The summed E-state index contributed by atoms with van der Waals surface area (Å²) in [4.78, 5) is 13.2. The maximum absolute atomic E-state index is 13.2. The third-order valence-corrected chi connectivity index (χ3v) is 11.4. The Kier molecular flexibility index (Phi) is 8.01. The van der Waals surface area contributed by atoms with Gasteiger partial charge in [-0.15, -0.1) is 0 Å². The Morgan fingerprint density at radius 3 is 1.88 bits per heavy atom. The summed E-state index contributed by atoms with van der Waals surface area (Å²) < 4.78 is 6.53. The molecule has 0 saturated carbocycles. The number of carbonyl (C=O) groups excluding carboxylic acids is 1. The maximum Gasteiger partial charge on any atom is 0.256 e. The van der Waals surface area contributed by atoms with Crippen molar-refractivity contribution in [3.63, 3.8) is 0 Å². The molecular formula is C27H33NO2Si2. The van der Waals surface area contributed by atoms with Gasteiger partial charge in [0.1, 0.15) is 6.10 Å². The van der Waals surface area contributed by atoms with E-state index >= 15 is 0 Å². The monoisotopic (exact) mass is 459 g/mol. The van der Waals surface area contributed by atoms with E-state index in [9.17, 15) is 4.79 Å². The zero-order chi connectivity index (χ0) is 23.0. The second-order valence-corrected chi connectivity index (χ2v) is 17.7. The topological polar surface area (TPSA) is 38.3 Å². The number of hydrogen-bond acceptors (Lipinski definition) is 2. The number of nitrogens with one attached hydrogen (secondary N) is 1. The molecule has 0 aliphatic rings. The van der Waals surface area contributed by atoms with Gasteiger partial charge in [0.2, 0.25) is 8.32 Å². The van der Waals surface area contributed by atoms with Crippen molar-refractivity contribution >= 4 is 38.4 Å². The van der Waals surface area contributed by atoms with E-state index in [1.807, 2.05) is 54.6 Å². The summed E-state index contributed by atoms with van der Waals surface area (Å²) in [5.74, 6) is -0.136. The molecule has 3 rings (SSSR count). The van der Waals surface area contributed by atoms with E-state index in [1.54, 1.807) is 0 Å². The van der Waals surface area contributed by atoms with Gasteiger partial charge in [-0.2, -0.15) is 0 Å². The van der Waals surface area contributed by atoms with Gasteiger partial charge in [-0.3, -0.25) is 4.79 Å². The number of carbonyl (C=O) groups is 1. The van der Waals surface area contributed by atoms with Crippen LogP contribution < -0.4 is 15.7 Å². The molecule has 0 aliphatic carbocycles. The molecule has 0 fully saturated rings. The van der Waals surface area contributed by atoms with Gasteiger partial charge in [-0.25, -0.2) is 0 Å². The van der Waals surface area contributed by atoms with Crippen molar-refractivity contribution in [3.05, 3.63) is 103 Å². The first-order valence-electron chi connectivity index (χ1n) is 11.1. The van der Waals surface area contributed by atoms with Crippen LogP contribution >= 0.6 is 0 Å². The fourth-order valence-electron chi connectivity index (χ4n) is 3.63. The van der Waals surface area contributed by atoms with Crippen LogP contribution in [0.3, 0.4) is 0 Å². The SMILES string of the molecule is C[Si](C)(C/C=C/C(O[Si](C)(C)c1ccccc1)C(=O)Nc1ccccc1)c1ccccc1. The number of anilines is 1. The lowest BCUT2D eigenvalue weighted by molar-refractivity contribution is -0.121. The van der Waals surface area contributed by atoms with Crippen LogP contribution in [0.2, 0.25) is 32.2 Å². The lowest BCUT2D eigenvalue weighted by Gasteiger charge is -2.28. The largest absolute Gasteiger partial charge is 0.398 e. The Bertz CT molecular complexity index is 1020. The van der Waals surface area contributed by atoms with E-state index in [-0.39, 0.29) is 5.91 Å². The molecule has 5 heteroatoms. The standard InChI is InChI=1S/C27H33NO2Si2/c1-31(2,24-17-10-6-11-18-24)22-14-21-26(27(29)28-23-15-8-5-9-16-23)30-32(3,4)25-19-12-7-13-20-25/h5-21,26H,22H2,1-4H3,(H,28,29)/b21-14+. The molecule has 3 nitrogen and oxygen atoms in total. The number of rotatable bonds is 9. The Hall–Kier alpha value is -2.74. The van der Waals surface area contributed by atoms with Crippen molar-refractivity contribution in [1.29, 1.82) is 0 Å². The number of allylic oxidation sites excluding steroid dienone is 1. The molecule has 32 heavy (non-hydrogen) atoms. The molecule has 1 amide bonds. The van der Waals surface area contributed by atoms with Crippen molar-refractivity contribution in [2.24, 2.45) is 0 Å². The highest BCUT2D eigenvalue weighted by atomic mass is 28.4. The molecular weight excluding hydrogens is 426 g/mol. The smallest absolute Gasteiger partial charge is 0.256 e. The second-order valence-electron chi connectivity index (χ2n) is 9.15. The first-order chi connectivity index (χ1) is 15.3. The van der Waals surface area contributed by atoms with Crippen molar-refractivity contribution in [1.82, 2.24) is 0 Å². The zero-order valence-electron chi connectivity index (χ0n) is 19.4. The van der Waals surface area contributed by atoms with Crippen LogP contribution in [0.25, 0.3) is 0 Å². The lowest BCUT2D eigenvalue weighted by Crippen LogP contribution is -2.49. The average Bonchev–Trinajstić information content (AvgIpc) is 2.80. The molecule has 0 bridgehead atoms. The van der Waals surface area contributed by atoms with Crippen molar-refractivity contribution in [3.8, 4) is 0 Å². The third-order valence-electron chi connectivity index (χ3n) is 5.68. The van der Waals surface area contributed by atoms with Crippen molar-refractivity contribution in [2.75, 3.05) is 5.32 Å². The molecule has 0 aromatic heterocycles. The molecule has 3 aromatic rings. The van der Waals surface area contributed by atoms with Crippen LogP contribution in [0.1, 0.15) is 0 Å². The van der Waals surface area contributed by atoms with Gasteiger partial charge in [0.05, 0.1) is 8.07 Å². The minimum Gasteiger partial charge on any atom is -0.398 e. The Balaban J connectivity index is 1.79. The maximum atomic E-state index is 13.2. The Morgan fingerprint density at radius 2 is 1.31 bits per heavy atom. The van der Waals surface area contributed by atoms with E-state index in [0.717, 1.165) is 11.7 Å². The summed E-state index contributed by atoms with van der Waals surface area (Å²) in [6.07, 6.45) is 3.45. The van der Waals surface area contributed by atoms with Crippen molar-refractivity contribution in [2.45, 2.75) is 38.3 Å². The number of para-hydroxylation sites is 1. The van der Waals surface area contributed by atoms with E-state index in [2.05, 4.69) is 80.0 Å². The van der Waals surface area contributed by atoms with Gasteiger partial charge in [-0.05, 0) is 36.5 Å². The predicted octanol–water partition coefficient (Wildman–Crippen LogP) is 5.29. The summed E-state index contributed by atoms with van der Waals surface area (Å²) in [7, 11) is -3.92. The molecule has 0 aliphatic heterocycles. The Morgan fingerprint density at radius 1 is 0.812 bits per heavy atom. The first-order valence-corrected chi connectivity index (χ1v) is 17.2. The normalized spacial score (nSPS) is 13.1. The lowest BCUT2D eigenvalue weighted by atomic mass is 10.2. The quantitative estimate of drug-likeness (QED) is 0.349. The minimum atomic E-state index is -2.28. The summed E-state index contributed by atoms with van der Waals surface area (Å²) in [5, 5.41) is 5.60. The summed E-state index contributed by atoms with van der Waals surface area (Å²) in [5.41, 5.74) is 0.776. The molecule has 1 N–H and O–H groups in total. The number of hydrogen-bond donors (Lipinski definition) is 1. The van der Waals surface area contributed by atoms with E-state index in [1.165, 1.54) is 10.4 Å². The fraction of sp³-hybridized carbons (Fsp3) is 0.222. The Labute approximate surface area is 194 Å². The number of benzene rings is 3. The molecule has 3 aromatic carbocycles. The summed E-state index contributed by atoms with van der Waals surface area (Å²) in [6, 6.07) is 31.4. The average molecular weight is 460 g/mol. The van der Waals surface area contributed by atoms with E-state index in [0.29, 0.717) is 0 Å². The summed E-state index contributed by atoms with van der Waals surface area (Å²) in [6.45, 7) is 8.99. The van der Waals surface area contributed by atoms with Crippen LogP contribution in [0.5, 0.6) is 0 Å². The van der Waals surface area contributed by atoms with Gasteiger partial charge < -0.3 is 9.74 Å². The fourth-order valence-corrected chi connectivity index (χ4v) is 7.64.